The van der Waals surface area contributed by atoms with Gasteiger partial charge >= 0.3 is 0 Å². The molecule has 0 bridgehead atoms. The summed E-state index contributed by atoms with van der Waals surface area (Å²) in [6, 6.07) is 5.96. The van der Waals surface area contributed by atoms with Crippen LogP contribution in [0.25, 0.3) is 5.57 Å². The number of fused-ring (bicyclic) bond motifs is 1. The van der Waals surface area contributed by atoms with Gasteiger partial charge in [0, 0.05) is 18.5 Å². The highest BCUT2D eigenvalue weighted by Crippen LogP contribution is 2.42. The van der Waals surface area contributed by atoms with Crippen molar-refractivity contribution in [2.24, 2.45) is 7.05 Å². The number of hydrogen-bond acceptors (Lipinski definition) is 5. The molecule has 29 heavy (non-hydrogen) atoms. The zero-order chi connectivity index (χ0) is 20.8. The Morgan fingerprint density at radius 1 is 1.31 bits per heavy atom. The Labute approximate surface area is 176 Å². The van der Waals surface area contributed by atoms with Crippen LogP contribution in [0.3, 0.4) is 0 Å². The van der Waals surface area contributed by atoms with Crippen LogP contribution in [0, 0.1) is 0 Å². The summed E-state index contributed by atoms with van der Waals surface area (Å²) >= 11 is 1.46. The third kappa shape index (κ3) is 3.80. The van der Waals surface area contributed by atoms with Crippen molar-refractivity contribution in [1.82, 2.24) is 14.8 Å². The minimum absolute atomic E-state index is 0.0603. The number of carbonyl (C=O) groups excluding carboxylic acids is 1. The van der Waals surface area contributed by atoms with Crippen LogP contribution < -0.4 is 9.64 Å². The van der Waals surface area contributed by atoms with Crippen LogP contribution in [-0.4, -0.2) is 38.6 Å². The average molecular weight is 413 g/mol. The first-order valence-electron chi connectivity index (χ1n) is 10.1. The van der Waals surface area contributed by atoms with Gasteiger partial charge in [-0.05, 0) is 64.3 Å². The topological polar surface area (TPSA) is 60.2 Å². The van der Waals surface area contributed by atoms with Gasteiger partial charge in [0.15, 0.2) is 5.16 Å². The van der Waals surface area contributed by atoms with Crippen LogP contribution in [-0.2, 0) is 11.8 Å². The van der Waals surface area contributed by atoms with Crippen molar-refractivity contribution in [3.63, 3.8) is 0 Å². The summed E-state index contributed by atoms with van der Waals surface area (Å²) in [5.41, 5.74) is 2.73. The Morgan fingerprint density at radius 3 is 2.76 bits per heavy atom. The molecule has 2 aliphatic rings. The Kier molecular flexibility index (Phi) is 5.19. The first kappa shape index (κ1) is 20.0. The van der Waals surface area contributed by atoms with Gasteiger partial charge in [0.2, 0.25) is 5.91 Å². The van der Waals surface area contributed by atoms with Gasteiger partial charge in [-0.3, -0.25) is 4.79 Å². The molecule has 2 aromatic rings. The van der Waals surface area contributed by atoms with E-state index in [-0.39, 0.29) is 5.91 Å². The number of ether oxygens (including phenoxy) is 1. The summed E-state index contributed by atoms with van der Waals surface area (Å²) in [6.07, 6.45) is 4.52. The fourth-order valence-electron chi connectivity index (χ4n) is 4.06. The van der Waals surface area contributed by atoms with E-state index in [1.807, 2.05) is 41.6 Å². The third-order valence-corrected chi connectivity index (χ3v) is 6.48. The molecule has 1 aliphatic carbocycles. The highest BCUT2D eigenvalue weighted by Gasteiger charge is 2.36. The standard InChI is InChI=1S/C22H28N4O2S/c1-6-28-16-9-10-18-17(11-16)14(2)12-22(3,4)26(18)19(27)13-29-21-24-23-20(25(21)5)15-7-8-15/h9-12,15H,6-8,13H2,1-5H3. The minimum Gasteiger partial charge on any atom is -0.494 e. The van der Waals surface area contributed by atoms with E-state index < -0.39 is 5.54 Å². The highest BCUT2D eigenvalue weighted by atomic mass is 32.2. The zero-order valence-electron chi connectivity index (χ0n) is 17.7. The van der Waals surface area contributed by atoms with Crippen LogP contribution in [0.1, 0.15) is 57.8 Å². The SMILES string of the molecule is CCOc1ccc2c(c1)C(C)=CC(C)(C)N2C(=O)CSc1nnc(C2CC2)n1C. The van der Waals surface area contributed by atoms with E-state index in [2.05, 4.69) is 37.0 Å². The second-order valence-electron chi connectivity index (χ2n) is 8.28. The van der Waals surface area contributed by atoms with E-state index >= 15 is 0 Å². The van der Waals surface area contributed by atoms with E-state index in [4.69, 9.17) is 4.74 Å². The van der Waals surface area contributed by atoms with E-state index in [1.54, 1.807) is 0 Å². The largest absolute Gasteiger partial charge is 0.494 e. The van der Waals surface area contributed by atoms with E-state index in [0.29, 0.717) is 18.3 Å². The lowest BCUT2D eigenvalue weighted by atomic mass is 9.88. The molecule has 7 heteroatoms. The number of thioether (sulfide) groups is 1. The Bertz CT molecular complexity index is 975. The summed E-state index contributed by atoms with van der Waals surface area (Å²) in [5, 5.41) is 9.41. The second kappa shape index (κ2) is 7.52. The minimum atomic E-state index is -0.402. The molecule has 154 valence electrons. The molecule has 1 saturated carbocycles. The molecule has 1 aromatic heterocycles. The van der Waals surface area contributed by atoms with Crippen LogP contribution in [0.2, 0.25) is 0 Å². The molecule has 4 rings (SSSR count). The van der Waals surface area contributed by atoms with Crippen molar-refractivity contribution >= 4 is 28.9 Å². The number of anilines is 1. The molecule has 1 fully saturated rings. The third-order valence-electron chi connectivity index (χ3n) is 5.48. The number of rotatable bonds is 6. The number of amides is 1. The van der Waals surface area contributed by atoms with Crippen molar-refractivity contribution in [3.05, 3.63) is 35.7 Å². The summed E-state index contributed by atoms with van der Waals surface area (Å²) < 4.78 is 7.69. The monoisotopic (exact) mass is 412 g/mol. The van der Waals surface area contributed by atoms with Gasteiger partial charge in [-0.25, -0.2) is 0 Å². The lowest BCUT2D eigenvalue weighted by Crippen LogP contribution is -2.49. The highest BCUT2D eigenvalue weighted by molar-refractivity contribution is 7.99. The maximum absolute atomic E-state index is 13.3. The predicted octanol–water partition coefficient (Wildman–Crippen LogP) is 4.41. The number of aromatic nitrogens is 3. The van der Waals surface area contributed by atoms with Crippen molar-refractivity contribution in [2.75, 3.05) is 17.3 Å². The van der Waals surface area contributed by atoms with Crippen LogP contribution in [0.4, 0.5) is 5.69 Å². The smallest absolute Gasteiger partial charge is 0.238 e. The zero-order valence-corrected chi connectivity index (χ0v) is 18.5. The van der Waals surface area contributed by atoms with Gasteiger partial charge in [0.25, 0.3) is 0 Å². The van der Waals surface area contributed by atoms with Crippen molar-refractivity contribution < 1.29 is 9.53 Å². The van der Waals surface area contributed by atoms with E-state index in [0.717, 1.165) is 33.6 Å². The average Bonchev–Trinajstić information content (AvgIpc) is 3.43. The van der Waals surface area contributed by atoms with Gasteiger partial charge in [0.1, 0.15) is 11.6 Å². The molecule has 6 nitrogen and oxygen atoms in total. The van der Waals surface area contributed by atoms with Crippen molar-refractivity contribution in [3.8, 4) is 5.75 Å². The molecule has 1 aromatic carbocycles. The number of benzene rings is 1. The van der Waals surface area contributed by atoms with Gasteiger partial charge in [-0.2, -0.15) is 0 Å². The van der Waals surface area contributed by atoms with Crippen LogP contribution >= 0.6 is 11.8 Å². The quantitative estimate of drug-likeness (QED) is 0.658. The van der Waals surface area contributed by atoms with Gasteiger partial charge in [-0.15, -0.1) is 10.2 Å². The summed E-state index contributed by atoms with van der Waals surface area (Å²) in [6.45, 7) is 8.83. The van der Waals surface area contributed by atoms with E-state index in [1.165, 1.54) is 24.6 Å². The Hall–Kier alpha value is -2.28. The molecule has 0 spiro atoms. The second-order valence-corrected chi connectivity index (χ2v) is 9.23. The molecule has 0 saturated heterocycles. The molecule has 0 radical (unpaired) electrons. The molecule has 2 heterocycles. The molecule has 0 unspecified atom stereocenters. The maximum atomic E-state index is 13.3. The first-order chi connectivity index (χ1) is 13.8. The number of carbonyl (C=O) groups is 1. The first-order valence-corrected chi connectivity index (χ1v) is 11.1. The van der Waals surface area contributed by atoms with Crippen molar-refractivity contribution in [2.45, 2.75) is 57.1 Å². The molecule has 1 amide bonds. The fraction of sp³-hybridized carbons (Fsp3) is 0.500. The van der Waals surface area contributed by atoms with Gasteiger partial charge in [-0.1, -0.05) is 17.8 Å². The lowest BCUT2D eigenvalue weighted by Gasteiger charge is -2.41. The van der Waals surface area contributed by atoms with Gasteiger partial charge < -0.3 is 14.2 Å². The van der Waals surface area contributed by atoms with Gasteiger partial charge in [0.05, 0.1) is 23.6 Å². The number of nitrogens with zero attached hydrogens (tertiary/aromatic N) is 4. The van der Waals surface area contributed by atoms with Crippen LogP contribution in [0.15, 0.2) is 29.4 Å². The molecular weight excluding hydrogens is 384 g/mol. The lowest BCUT2D eigenvalue weighted by molar-refractivity contribution is -0.116. The molecule has 0 N–H and O–H groups in total. The number of allylic oxidation sites excluding steroid dienone is 1. The van der Waals surface area contributed by atoms with E-state index in [9.17, 15) is 4.79 Å². The molecular formula is C22H28N4O2S. The normalized spacial score (nSPS) is 17.7. The predicted molar refractivity (Wildman–Crippen MR) is 117 cm³/mol. The maximum Gasteiger partial charge on any atom is 0.238 e. The molecule has 1 aliphatic heterocycles. The Balaban J connectivity index is 1.57. The van der Waals surface area contributed by atoms with Crippen LogP contribution in [0.5, 0.6) is 5.75 Å². The summed E-state index contributed by atoms with van der Waals surface area (Å²) in [4.78, 5) is 15.2. The molecule has 0 atom stereocenters. The summed E-state index contributed by atoms with van der Waals surface area (Å²) in [7, 11) is 1.99. The Morgan fingerprint density at radius 2 is 2.07 bits per heavy atom. The van der Waals surface area contributed by atoms with Crippen molar-refractivity contribution in [1.29, 1.82) is 0 Å². The fourth-order valence-corrected chi connectivity index (χ4v) is 4.83. The summed E-state index contributed by atoms with van der Waals surface area (Å²) in [5.74, 6) is 2.78. The number of hydrogen-bond donors (Lipinski definition) is 0.